The van der Waals surface area contributed by atoms with Crippen LogP contribution < -0.4 is 0 Å². The van der Waals surface area contributed by atoms with E-state index in [1.165, 1.54) is 0 Å². The lowest BCUT2D eigenvalue weighted by molar-refractivity contribution is -0.142. The zero-order valence-corrected chi connectivity index (χ0v) is 6.86. The Balaban J connectivity index is 2.42. The first-order valence-corrected chi connectivity index (χ1v) is 4.09. The number of nitriles is 1. The molecule has 0 aromatic heterocycles. The van der Waals surface area contributed by atoms with Gasteiger partial charge in [-0.15, -0.1) is 0 Å². The molecule has 1 aliphatic heterocycles. The molecule has 0 spiro atoms. The first-order valence-electron chi connectivity index (χ1n) is 4.09. The summed E-state index contributed by atoms with van der Waals surface area (Å²) >= 11 is 0. The second-order valence-corrected chi connectivity index (χ2v) is 2.94. The molecule has 1 atom stereocenters. The summed E-state index contributed by atoms with van der Waals surface area (Å²) in [5.41, 5.74) is 0. The van der Waals surface area contributed by atoms with E-state index in [-0.39, 0.29) is 6.04 Å². The number of carboxylic acids is 1. The van der Waals surface area contributed by atoms with Crippen molar-refractivity contribution in [3.63, 3.8) is 0 Å². The van der Waals surface area contributed by atoms with Crippen molar-refractivity contribution in [3.8, 4) is 6.07 Å². The minimum atomic E-state index is -0.759. The fourth-order valence-corrected chi connectivity index (χ4v) is 1.57. The molecule has 0 amide bonds. The quantitative estimate of drug-likeness (QED) is 0.664. The maximum Gasteiger partial charge on any atom is 0.320 e. The number of aliphatic carboxylic acids is 1. The van der Waals surface area contributed by atoms with E-state index < -0.39 is 5.97 Å². The summed E-state index contributed by atoms with van der Waals surface area (Å²) in [7, 11) is 0. The normalized spacial score (nSPS) is 23.8. The summed E-state index contributed by atoms with van der Waals surface area (Å²) < 4.78 is 0. The predicted molar refractivity (Wildman–Crippen MR) is 42.5 cm³/mol. The second kappa shape index (κ2) is 4.07. The van der Waals surface area contributed by atoms with Gasteiger partial charge in [0, 0.05) is 13.0 Å². The highest BCUT2D eigenvalue weighted by atomic mass is 16.4. The average Bonchev–Trinajstić information content (AvgIpc) is 2.48. The molecule has 1 N–H and O–H groups in total. The van der Waals surface area contributed by atoms with Crippen molar-refractivity contribution in [1.29, 1.82) is 5.26 Å². The maximum atomic E-state index is 10.7. The third kappa shape index (κ3) is 1.95. The SMILES string of the molecule is N#CCCN1CCCC1C(=O)O. The van der Waals surface area contributed by atoms with Crippen LogP contribution in [-0.2, 0) is 4.79 Å². The molecule has 1 rings (SSSR count). The monoisotopic (exact) mass is 168 g/mol. The molecule has 66 valence electrons. The number of nitrogens with zero attached hydrogens (tertiary/aromatic N) is 2. The number of rotatable bonds is 3. The van der Waals surface area contributed by atoms with Gasteiger partial charge in [-0.05, 0) is 19.4 Å². The van der Waals surface area contributed by atoms with Crippen LogP contribution in [0.2, 0.25) is 0 Å². The van der Waals surface area contributed by atoms with Gasteiger partial charge in [-0.2, -0.15) is 5.26 Å². The van der Waals surface area contributed by atoms with Crippen molar-refractivity contribution in [3.05, 3.63) is 0 Å². The standard InChI is InChI=1S/C8H12N2O2/c9-4-2-6-10-5-1-3-7(10)8(11)12/h7H,1-3,5-6H2,(H,11,12). The van der Waals surface area contributed by atoms with Gasteiger partial charge in [0.15, 0.2) is 0 Å². The summed E-state index contributed by atoms with van der Waals surface area (Å²) in [5, 5.41) is 17.1. The first kappa shape index (κ1) is 9.01. The van der Waals surface area contributed by atoms with Crippen molar-refractivity contribution in [2.75, 3.05) is 13.1 Å². The minimum Gasteiger partial charge on any atom is -0.480 e. The molecule has 0 radical (unpaired) electrons. The van der Waals surface area contributed by atoms with Crippen LogP contribution in [0, 0.1) is 11.3 Å². The molecule has 4 heteroatoms. The summed E-state index contributed by atoms with van der Waals surface area (Å²) in [4.78, 5) is 12.5. The summed E-state index contributed by atoms with van der Waals surface area (Å²) in [6.07, 6.45) is 2.08. The topological polar surface area (TPSA) is 64.3 Å². The van der Waals surface area contributed by atoms with Gasteiger partial charge < -0.3 is 5.11 Å². The third-order valence-corrected chi connectivity index (χ3v) is 2.16. The van der Waals surface area contributed by atoms with Crippen molar-refractivity contribution in [2.45, 2.75) is 25.3 Å². The fraction of sp³-hybridized carbons (Fsp3) is 0.750. The predicted octanol–water partition coefficient (Wildman–Crippen LogP) is 0.449. The van der Waals surface area contributed by atoms with Crippen LogP contribution in [0.4, 0.5) is 0 Å². The smallest absolute Gasteiger partial charge is 0.320 e. The van der Waals surface area contributed by atoms with Crippen LogP contribution >= 0.6 is 0 Å². The number of hydrogen-bond acceptors (Lipinski definition) is 3. The molecule has 12 heavy (non-hydrogen) atoms. The van der Waals surface area contributed by atoms with Gasteiger partial charge in [0.2, 0.25) is 0 Å². The summed E-state index contributed by atoms with van der Waals surface area (Å²) in [6.45, 7) is 1.41. The van der Waals surface area contributed by atoms with E-state index in [9.17, 15) is 4.79 Å². The van der Waals surface area contributed by atoms with Gasteiger partial charge in [0.05, 0.1) is 6.07 Å². The van der Waals surface area contributed by atoms with Crippen LogP contribution in [0.3, 0.4) is 0 Å². The zero-order valence-electron chi connectivity index (χ0n) is 6.86. The highest BCUT2D eigenvalue weighted by Crippen LogP contribution is 2.16. The van der Waals surface area contributed by atoms with Crippen molar-refractivity contribution in [1.82, 2.24) is 4.90 Å². The lowest BCUT2D eigenvalue weighted by Crippen LogP contribution is -2.36. The molecule has 4 nitrogen and oxygen atoms in total. The van der Waals surface area contributed by atoms with E-state index in [0.717, 1.165) is 19.4 Å². The number of likely N-dealkylation sites (tertiary alicyclic amines) is 1. The Hall–Kier alpha value is -1.08. The molecule has 0 saturated carbocycles. The molecule has 0 aliphatic carbocycles. The van der Waals surface area contributed by atoms with Gasteiger partial charge in [-0.3, -0.25) is 9.69 Å². The van der Waals surface area contributed by atoms with Crippen molar-refractivity contribution in [2.24, 2.45) is 0 Å². The number of carbonyl (C=O) groups is 1. The van der Waals surface area contributed by atoms with Crippen LogP contribution in [0.1, 0.15) is 19.3 Å². The molecule has 0 bridgehead atoms. The molecule has 1 heterocycles. The maximum absolute atomic E-state index is 10.7. The van der Waals surface area contributed by atoms with Gasteiger partial charge in [0.1, 0.15) is 6.04 Å². The highest BCUT2D eigenvalue weighted by Gasteiger charge is 2.29. The molecule has 0 aromatic rings. The molecular formula is C8H12N2O2. The Bertz CT molecular complexity index is 210. The highest BCUT2D eigenvalue weighted by molar-refractivity contribution is 5.73. The summed E-state index contributed by atoms with van der Waals surface area (Å²) in [5.74, 6) is -0.759. The molecule has 1 unspecified atom stereocenters. The Morgan fingerprint density at radius 2 is 2.50 bits per heavy atom. The average molecular weight is 168 g/mol. The first-order chi connectivity index (χ1) is 5.75. The molecule has 1 fully saturated rings. The van der Waals surface area contributed by atoms with Crippen molar-refractivity contribution < 1.29 is 9.90 Å². The van der Waals surface area contributed by atoms with E-state index in [1.807, 2.05) is 11.0 Å². The third-order valence-electron chi connectivity index (χ3n) is 2.16. The lowest BCUT2D eigenvalue weighted by atomic mass is 10.2. The lowest BCUT2D eigenvalue weighted by Gasteiger charge is -2.18. The Kier molecular flexibility index (Phi) is 3.06. The van der Waals surface area contributed by atoms with Gasteiger partial charge in [0.25, 0.3) is 0 Å². The molecule has 1 saturated heterocycles. The number of hydrogen-bond donors (Lipinski definition) is 1. The number of carboxylic acid groups (broad SMARTS) is 1. The van der Waals surface area contributed by atoms with E-state index in [2.05, 4.69) is 0 Å². The largest absolute Gasteiger partial charge is 0.480 e. The van der Waals surface area contributed by atoms with E-state index >= 15 is 0 Å². The van der Waals surface area contributed by atoms with E-state index in [1.54, 1.807) is 0 Å². The van der Waals surface area contributed by atoms with Gasteiger partial charge >= 0.3 is 5.97 Å². The zero-order chi connectivity index (χ0) is 8.97. The Morgan fingerprint density at radius 1 is 1.75 bits per heavy atom. The second-order valence-electron chi connectivity index (χ2n) is 2.94. The van der Waals surface area contributed by atoms with E-state index in [0.29, 0.717) is 13.0 Å². The Morgan fingerprint density at radius 3 is 3.08 bits per heavy atom. The van der Waals surface area contributed by atoms with Crippen LogP contribution in [0.15, 0.2) is 0 Å². The minimum absolute atomic E-state index is 0.349. The summed E-state index contributed by atoms with van der Waals surface area (Å²) in [6, 6.07) is 1.67. The van der Waals surface area contributed by atoms with E-state index in [4.69, 9.17) is 10.4 Å². The van der Waals surface area contributed by atoms with Crippen molar-refractivity contribution >= 4 is 5.97 Å². The molecular weight excluding hydrogens is 156 g/mol. The fourth-order valence-electron chi connectivity index (χ4n) is 1.57. The van der Waals surface area contributed by atoms with Crippen LogP contribution in [0.25, 0.3) is 0 Å². The van der Waals surface area contributed by atoms with Crippen LogP contribution in [0.5, 0.6) is 0 Å². The van der Waals surface area contributed by atoms with Gasteiger partial charge in [-0.25, -0.2) is 0 Å². The molecule has 1 aliphatic rings. The molecule has 0 aromatic carbocycles. The Labute approximate surface area is 71.4 Å². The van der Waals surface area contributed by atoms with Gasteiger partial charge in [-0.1, -0.05) is 0 Å². The van der Waals surface area contributed by atoms with Crippen LogP contribution in [-0.4, -0.2) is 35.1 Å².